The zero-order chi connectivity index (χ0) is 24.2. The second kappa shape index (κ2) is 8.00. The van der Waals surface area contributed by atoms with Crippen molar-refractivity contribution in [2.45, 2.75) is 12.8 Å². The number of hydrogen-bond acceptors (Lipinski definition) is 6. The number of aromatic nitrogens is 7. The summed E-state index contributed by atoms with van der Waals surface area (Å²) in [5.74, 6) is 1.43. The lowest BCUT2D eigenvalue weighted by Gasteiger charge is -2.26. The molecular weight excluding hydrogens is 474 g/mol. The monoisotopic (exact) mass is 491 g/mol. The minimum Gasteiger partial charge on any atom is -0.420 e. The summed E-state index contributed by atoms with van der Waals surface area (Å²) in [6.45, 7) is 1.99. The standard InChI is InChI=1S/C27H18ClN7O/c1-16-21-22(17-9-11-19(28)12-10-17)23-25-31-24(18-6-5-13-29-14-18)33-34(25)15-30-26(23)36-27(21)35(32-16)20-7-3-2-4-8-20/h2-15,22H,1H3/t22-/m0/s1. The van der Waals surface area contributed by atoms with Crippen LogP contribution in [0.15, 0.2) is 85.5 Å². The molecule has 5 heterocycles. The number of para-hydroxylation sites is 1. The van der Waals surface area contributed by atoms with Crippen LogP contribution in [0.1, 0.15) is 28.3 Å². The van der Waals surface area contributed by atoms with Gasteiger partial charge in [0, 0.05) is 23.0 Å². The number of ether oxygens (including phenoxy) is 1. The van der Waals surface area contributed by atoms with E-state index < -0.39 is 0 Å². The lowest BCUT2D eigenvalue weighted by atomic mass is 9.84. The predicted octanol–water partition coefficient (Wildman–Crippen LogP) is 5.62. The molecule has 8 nitrogen and oxygen atoms in total. The van der Waals surface area contributed by atoms with Crippen molar-refractivity contribution in [3.63, 3.8) is 0 Å². The number of nitrogens with zero attached hydrogens (tertiary/aromatic N) is 7. The molecule has 0 unspecified atom stereocenters. The van der Waals surface area contributed by atoms with E-state index >= 15 is 0 Å². The average Bonchev–Trinajstić information content (AvgIpc) is 3.50. The lowest BCUT2D eigenvalue weighted by Crippen LogP contribution is -2.16. The van der Waals surface area contributed by atoms with Crippen molar-refractivity contribution in [2.75, 3.05) is 0 Å². The molecule has 36 heavy (non-hydrogen) atoms. The summed E-state index contributed by atoms with van der Waals surface area (Å²) in [6, 6.07) is 21.5. The molecule has 9 heteroatoms. The van der Waals surface area contributed by atoms with Crippen molar-refractivity contribution in [1.29, 1.82) is 0 Å². The third-order valence-electron chi connectivity index (χ3n) is 6.34. The molecular formula is C27H18ClN7O. The molecule has 0 saturated carbocycles. The van der Waals surface area contributed by atoms with Crippen LogP contribution in [0.25, 0.3) is 22.7 Å². The Morgan fingerprint density at radius 1 is 0.917 bits per heavy atom. The highest BCUT2D eigenvalue weighted by molar-refractivity contribution is 6.30. The van der Waals surface area contributed by atoms with Gasteiger partial charge in [0.05, 0.1) is 28.4 Å². The number of rotatable bonds is 3. The van der Waals surface area contributed by atoms with Gasteiger partial charge in [-0.25, -0.2) is 19.2 Å². The van der Waals surface area contributed by atoms with Crippen LogP contribution in [0.2, 0.25) is 5.02 Å². The Labute approximate surface area is 210 Å². The maximum absolute atomic E-state index is 6.45. The molecule has 2 aromatic carbocycles. The van der Waals surface area contributed by atoms with Crippen molar-refractivity contribution in [1.82, 2.24) is 34.3 Å². The topological polar surface area (TPSA) is 83.0 Å². The number of aryl methyl sites for hydroxylation is 1. The van der Waals surface area contributed by atoms with Gasteiger partial charge in [0.2, 0.25) is 11.8 Å². The molecule has 0 N–H and O–H groups in total. The van der Waals surface area contributed by atoms with Crippen molar-refractivity contribution in [3.8, 4) is 28.8 Å². The van der Waals surface area contributed by atoms with Crippen LogP contribution < -0.4 is 4.74 Å². The van der Waals surface area contributed by atoms with Crippen molar-refractivity contribution >= 4 is 17.2 Å². The van der Waals surface area contributed by atoms with E-state index in [-0.39, 0.29) is 5.92 Å². The molecule has 0 fully saturated rings. The zero-order valence-corrected chi connectivity index (χ0v) is 19.8. The molecule has 0 amide bonds. The van der Waals surface area contributed by atoms with Gasteiger partial charge in [0.25, 0.3) is 0 Å². The Kier molecular flexibility index (Phi) is 4.62. The summed E-state index contributed by atoms with van der Waals surface area (Å²) in [6.07, 6.45) is 5.09. The molecule has 6 aromatic rings. The normalized spacial score (nSPS) is 14.3. The van der Waals surface area contributed by atoms with E-state index in [2.05, 4.69) is 15.1 Å². The molecule has 0 saturated heterocycles. The van der Waals surface area contributed by atoms with Gasteiger partial charge in [-0.1, -0.05) is 41.9 Å². The largest absolute Gasteiger partial charge is 0.420 e. The zero-order valence-electron chi connectivity index (χ0n) is 19.1. The summed E-state index contributed by atoms with van der Waals surface area (Å²) in [7, 11) is 0. The predicted molar refractivity (Wildman–Crippen MR) is 135 cm³/mol. The summed E-state index contributed by atoms with van der Waals surface area (Å²) < 4.78 is 9.97. The highest BCUT2D eigenvalue weighted by Gasteiger charge is 2.38. The Bertz CT molecular complexity index is 1730. The molecule has 1 aliphatic heterocycles. The van der Waals surface area contributed by atoms with Gasteiger partial charge in [-0.3, -0.25) is 4.98 Å². The Hall–Kier alpha value is -4.56. The van der Waals surface area contributed by atoms with E-state index in [9.17, 15) is 0 Å². The van der Waals surface area contributed by atoms with E-state index in [1.54, 1.807) is 23.2 Å². The first-order valence-electron chi connectivity index (χ1n) is 11.4. The highest BCUT2D eigenvalue weighted by atomic mass is 35.5. The maximum atomic E-state index is 6.45. The molecule has 1 aliphatic rings. The average molecular weight is 492 g/mol. The molecule has 0 bridgehead atoms. The molecule has 174 valence electrons. The van der Waals surface area contributed by atoms with Crippen LogP contribution in [-0.2, 0) is 0 Å². The van der Waals surface area contributed by atoms with Crippen LogP contribution in [0.5, 0.6) is 11.8 Å². The SMILES string of the molecule is Cc1nn(-c2ccccc2)c2c1[C@H](c1ccc(Cl)cc1)c1c(ncn3nc(-c4cccnc4)nc13)O2. The van der Waals surface area contributed by atoms with Crippen molar-refractivity contribution in [3.05, 3.63) is 113 Å². The number of benzene rings is 2. The number of fused-ring (bicyclic) bond motifs is 4. The minimum absolute atomic E-state index is 0.236. The summed E-state index contributed by atoms with van der Waals surface area (Å²) in [5, 5.41) is 10.2. The van der Waals surface area contributed by atoms with Crippen LogP contribution in [0, 0.1) is 6.92 Å². The Balaban J connectivity index is 1.50. The lowest BCUT2D eigenvalue weighted by molar-refractivity contribution is 0.402. The maximum Gasteiger partial charge on any atom is 0.230 e. The summed E-state index contributed by atoms with van der Waals surface area (Å²) in [5.41, 5.74) is 6.05. The fraction of sp³-hybridized carbons (Fsp3) is 0.0741. The van der Waals surface area contributed by atoms with Gasteiger partial charge < -0.3 is 4.74 Å². The molecule has 1 atom stereocenters. The summed E-state index contributed by atoms with van der Waals surface area (Å²) >= 11 is 6.25. The van der Waals surface area contributed by atoms with Crippen LogP contribution >= 0.6 is 11.6 Å². The fourth-order valence-corrected chi connectivity index (χ4v) is 4.85. The van der Waals surface area contributed by atoms with Gasteiger partial charge in [0.1, 0.15) is 6.33 Å². The third kappa shape index (κ3) is 3.19. The number of pyridine rings is 1. The first-order valence-corrected chi connectivity index (χ1v) is 11.8. The summed E-state index contributed by atoms with van der Waals surface area (Å²) in [4.78, 5) is 13.8. The van der Waals surface area contributed by atoms with Gasteiger partial charge in [0.15, 0.2) is 11.5 Å². The molecule has 0 aliphatic carbocycles. The van der Waals surface area contributed by atoms with E-state index in [1.807, 2.05) is 78.3 Å². The van der Waals surface area contributed by atoms with Gasteiger partial charge in [-0.2, -0.15) is 5.10 Å². The molecule has 4 aromatic heterocycles. The minimum atomic E-state index is -0.236. The Morgan fingerprint density at radius 2 is 1.75 bits per heavy atom. The fourth-order valence-electron chi connectivity index (χ4n) is 4.73. The highest BCUT2D eigenvalue weighted by Crippen LogP contribution is 2.49. The molecule has 7 rings (SSSR count). The van der Waals surface area contributed by atoms with Gasteiger partial charge in [-0.15, -0.1) is 5.10 Å². The van der Waals surface area contributed by atoms with Gasteiger partial charge >= 0.3 is 0 Å². The molecule has 0 spiro atoms. The van der Waals surface area contributed by atoms with Crippen LogP contribution in [0.3, 0.4) is 0 Å². The first-order chi connectivity index (χ1) is 17.7. The second-order valence-corrected chi connectivity index (χ2v) is 8.98. The van der Waals surface area contributed by atoms with E-state index in [1.165, 1.54) is 0 Å². The number of hydrogen-bond donors (Lipinski definition) is 0. The second-order valence-electron chi connectivity index (χ2n) is 8.55. The molecule has 0 radical (unpaired) electrons. The first kappa shape index (κ1) is 20.8. The van der Waals surface area contributed by atoms with Crippen molar-refractivity contribution < 1.29 is 4.74 Å². The van der Waals surface area contributed by atoms with E-state index in [4.69, 9.17) is 26.4 Å². The Morgan fingerprint density at radius 3 is 2.53 bits per heavy atom. The van der Waals surface area contributed by atoms with E-state index in [0.29, 0.717) is 28.3 Å². The van der Waals surface area contributed by atoms with Crippen LogP contribution in [-0.4, -0.2) is 34.3 Å². The quantitative estimate of drug-likeness (QED) is 0.319. The van der Waals surface area contributed by atoms with E-state index in [0.717, 1.165) is 33.6 Å². The smallest absolute Gasteiger partial charge is 0.230 e. The van der Waals surface area contributed by atoms with Crippen LogP contribution in [0.4, 0.5) is 0 Å². The van der Waals surface area contributed by atoms with Crippen molar-refractivity contribution in [2.24, 2.45) is 0 Å². The van der Waals surface area contributed by atoms with Gasteiger partial charge in [-0.05, 0) is 48.9 Å². The number of halogens is 1. The third-order valence-corrected chi connectivity index (χ3v) is 6.60.